The standard InChI is InChI=1S/C19H22N2O2/c1-13(15-9-8-14-4-2-5-16(14)10-15)20-17-6-3-7-18(11-17)21-19(23)12-22/h3,6-11,13,20,22H,2,4-5,12H2,1H3,(H,21,23). The van der Waals surface area contributed by atoms with Gasteiger partial charge in [-0.2, -0.15) is 0 Å². The van der Waals surface area contributed by atoms with Crippen LogP contribution in [-0.2, 0) is 17.6 Å². The van der Waals surface area contributed by atoms with Gasteiger partial charge in [-0.25, -0.2) is 0 Å². The Kier molecular flexibility index (Phi) is 4.63. The average molecular weight is 310 g/mol. The van der Waals surface area contributed by atoms with Gasteiger partial charge in [-0.1, -0.05) is 24.3 Å². The summed E-state index contributed by atoms with van der Waals surface area (Å²) in [6.45, 7) is 1.62. The normalized spacial score (nSPS) is 14.2. The van der Waals surface area contributed by atoms with E-state index >= 15 is 0 Å². The van der Waals surface area contributed by atoms with Gasteiger partial charge in [0, 0.05) is 17.4 Å². The third-order valence-corrected chi connectivity index (χ3v) is 4.30. The minimum atomic E-state index is -0.511. The van der Waals surface area contributed by atoms with Crippen molar-refractivity contribution in [3.8, 4) is 0 Å². The number of hydrogen-bond acceptors (Lipinski definition) is 3. The minimum Gasteiger partial charge on any atom is -0.387 e. The molecule has 4 heteroatoms. The van der Waals surface area contributed by atoms with E-state index in [1.807, 2.05) is 18.2 Å². The molecule has 0 fully saturated rings. The third kappa shape index (κ3) is 3.71. The SMILES string of the molecule is CC(Nc1cccc(NC(=O)CO)c1)c1ccc2c(c1)CCC2. The Morgan fingerprint density at radius 3 is 2.74 bits per heavy atom. The van der Waals surface area contributed by atoms with Crippen LogP contribution in [-0.4, -0.2) is 17.6 Å². The van der Waals surface area contributed by atoms with Gasteiger partial charge in [0.25, 0.3) is 0 Å². The number of nitrogens with one attached hydrogen (secondary N) is 2. The van der Waals surface area contributed by atoms with E-state index in [1.165, 1.54) is 36.0 Å². The Hall–Kier alpha value is -2.33. The van der Waals surface area contributed by atoms with Gasteiger partial charge >= 0.3 is 0 Å². The van der Waals surface area contributed by atoms with E-state index in [0.29, 0.717) is 5.69 Å². The molecule has 0 radical (unpaired) electrons. The molecule has 4 nitrogen and oxygen atoms in total. The molecule has 1 atom stereocenters. The average Bonchev–Trinajstić information content (AvgIpc) is 3.02. The van der Waals surface area contributed by atoms with Crippen molar-refractivity contribution in [2.24, 2.45) is 0 Å². The van der Waals surface area contributed by atoms with Crippen molar-refractivity contribution >= 4 is 17.3 Å². The van der Waals surface area contributed by atoms with E-state index in [-0.39, 0.29) is 6.04 Å². The Morgan fingerprint density at radius 2 is 1.91 bits per heavy atom. The van der Waals surface area contributed by atoms with Crippen LogP contribution in [0.25, 0.3) is 0 Å². The van der Waals surface area contributed by atoms with E-state index in [0.717, 1.165) is 5.69 Å². The monoisotopic (exact) mass is 310 g/mol. The summed E-state index contributed by atoms with van der Waals surface area (Å²) < 4.78 is 0. The van der Waals surface area contributed by atoms with Gasteiger partial charge in [0.1, 0.15) is 6.61 Å². The van der Waals surface area contributed by atoms with Crippen LogP contribution in [0.3, 0.4) is 0 Å². The maximum absolute atomic E-state index is 11.3. The first kappa shape index (κ1) is 15.6. The first-order chi connectivity index (χ1) is 11.2. The van der Waals surface area contributed by atoms with Gasteiger partial charge < -0.3 is 15.7 Å². The van der Waals surface area contributed by atoms with Crippen LogP contribution in [0, 0.1) is 0 Å². The molecule has 3 rings (SSSR count). The van der Waals surface area contributed by atoms with Gasteiger partial charge in [-0.05, 0) is 61.1 Å². The van der Waals surface area contributed by atoms with Gasteiger partial charge in [0.05, 0.1) is 0 Å². The summed E-state index contributed by atoms with van der Waals surface area (Å²) in [7, 11) is 0. The van der Waals surface area contributed by atoms with Gasteiger partial charge in [-0.3, -0.25) is 4.79 Å². The van der Waals surface area contributed by atoms with E-state index in [2.05, 4.69) is 35.8 Å². The van der Waals surface area contributed by atoms with Crippen molar-refractivity contribution < 1.29 is 9.90 Å². The lowest BCUT2D eigenvalue weighted by molar-refractivity contribution is -0.118. The Balaban J connectivity index is 1.71. The van der Waals surface area contributed by atoms with E-state index in [9.17, 15) is 4.79 Å². The number of rotatable bonds is 5. The van der Waals surface area contributed by atoms with Gasteiger partial charge in [0.2, 0.25) is 5.91 Å². The topological polar surface area (TPSA) is 61.4 Å². The van der Waals surface area contributed by atoms with Crippen LogP contribution in [0.15, 0.2) is 42.5 Å². The first-order valence-electron chi connectivity index (χ1n) is 8.05. The van der Waals surface area contributed by atoms with E-state index < -0.39 is 12.5 Å². The van der Waals surface area contributed by atoms with Crippen LogP contribution in [0.4, 0.5) is 11.4 Å². The maximum Gasteiger partial charge on any atom is 0.250 e. The number of carbonyl (C=O) groups is 1. The van der Waals surface area contributed by atoms with Crippen molar-refractivity contribution in [2.75, 3.05) is 17.2 Å². The highest BCUT2D eigenvalue weighted by atomic mass is 16.3. The molecular formula is C19H22N2O2. The zero-order chi connectivity index (χ0) is 16.2. The molecule has 0 heterocycles. The molecule has 0 saturated carbocycles. The van der Waals surface area contributed by atoms with Crippen LogP contribution >= 0.6 is 0 Å². The quantitative estimate of drug-likeness (QED) is 0.794. The summed E-state index contributed by atoms with van der Waals surface area (Å²) in [5, 5.41) is 14.9. The second-order valence-corrected chi connectivity index (χ2v) is 6.03. The Bertz CT molecular complexity index is 712. The number of carbonyl (C=O) groups excluding carboxylic acids is 1. The first-order valence-corrected chi connectivity index (χ1v) is 8.05. The lowest BCUT2D eigenvalue weighted by Crippen LogP contribution is -2.15. The molecule has 0 aromatic heterocycles. The fraction of sp³-hybridized carbons (Fsp3) is 0.316. The highest BCUT2D eigenvalue weighted by Gasteiger charge is 2.13. The molecule has 1 aliphatic rings. The molecule has 1 aliphatic carbocycles. The maximum atomic E-state index is 11.3. The molecule has 0 bridgehead atoms. The van der Waals surface area contributed by atoms with Crippen molar-refractivity contribution in [1.29, 1.82) is 0 Å². The zero-order valence-electron chi connectivity index (χ0n) is 13.3. The summed E-state index contributed by atoms with van der Waals surface area (Å²) in [4.78, 5) is 11.3. The Morgan fingerprint density at radius 1 is 1.13 bits per heavy atom. The highest BCUT2D eigenvalue weighted by molar-refractivity contribution is 5.91. The molecule has 0 spiro atoms. The van der Waals surface area contributed by atoms with Crippen LogP contribution in [0.1, 0.15) is 36.1 Å². The van der Waals surface area contributed by atoms with Crippen LogP contribution in [0.2, 0.25) is 0 Å². The number of fused-ring (bicyclic) bond motifs is 1. The minimum absolute atomic E-state index is 0.185. The van der Waals surface area contributed by atoms with Crippen molar-refractivity contribution in [1.82, 2.24) is 0 Å². The highest BCUT2D eigenvalue weighted by Crippen LogP contribution is 2.27. The fourth-order valence-electron chi connectivity index (χ4n) is 3.08. The molecule has 23 heavy (non-hydrogen) atoms. The predicted octanol–water partition coefficient (Wildman–Crippen LogP) is 3.28. The number of aliphatic hydroxyl groups excluding tert-OH is 1. The molecule has 0 saturated heterocycles. The van der Waals surface area contributed by atoms with Crippen LogP contribution < -0.4 is 10.6 Å². The summed E-state index contributed by atoms with van der Waals surface area (Å²) in [5.41, 5.74) is 5.84. The molecule has 2 aromatic carbocycles. The smallest absolute Gasteiger partial charge is 0.250 e. The van der Waals surface area contributed by atoms with E-state index in [1.54, 1.807) is 6.07 Å². The summed E-state index contributed by atoms with van der Waals surface area (Å²) >= 11 is 0. The second-order valence-electron chi connectivity index (χ2n) is 6.03. The molecule has 3 N–H and O–H groups in total. The van der Waals surface area contributed by atoms with Crippen molar-refractivity contribution in [2.45, 2.75) is 32.2 Å². The zero-order valence-corrected chi connectivity index (χ0v) is 13.3. The molecule has 120 valence electrons. The number of aliphatic hydroxyl groups is 1. The summed E-state index contributed by atoms with van der Waals surface area (Å²) in [5.74, 6) is -0.408. The number of anilines is 2. The number of amides is 1. The van der Waals surface area contributed by atoms with Crippen molar-refractivity contribution in [3.63, 3.8) is 0 Å². The van der Waals surface area contributed by atoms with Gasteiger partial charge in [-0.15, -0.1) is 0 Å². The molecular weight excluding hydrogens is 288 g/mol. The fourth-order valence-corrected chi connectivity index (χ4v) is 3.08. The van der Waals surface area contributed by atoms with Crippen LogP contribution in [0.5, 0.6) is 0 Å². The molecule has 2 aromatic rings. The number of hydrogen-bond donors (Lipinski definition) is 3. The molecule has 1 amide bonds. The Labute approximate surface area is 136 Å². The number of benzene rings is 2. The molecule has 1 unspecified atom stereocenters. The number of aryl methyl sites for hydroxylation is 2. The van der Waals surface area contributed by atoms with Crippen molar-refractivity contribution in [3.05, 3.63) is 59.2 Å². The third-order valence-electron chi connectivity index (χ3n) is 4.30. The second kappa shape index (κ2) is 6.84. The lowest BCUT2D eigenvalue weighted by Gasteiger charge is -2.17. The predicted molar refractivity (Wildman–Crippen MR) is 92.7 cm³/mol. The molecule has 0 aliphatic heterocycles. The largest absolute Gasteiger partial charge is 0.387 e. The summed E-state index contributed by atoms with van der Waals surface area (Å²) in [6.07, 6.45) is 3.63. The van der Waals surface area contributed by atoms with E-state index in [4.69, 9.17) is 5.11 Å². The summed E-state index contributed by atoms with van der Waals surface area (Å²) in [6, 6.07) is 14.5. The lowest BCUT2D eigenvalue weighted by atomic mass is 10.0. The van der Waals surface area contributed by atoms with Gasteiger partial charge in [0.15, 0.2) is 0 Å².